The molecule has 0 saturated carbocycles. The molecule has 17 heavy (non-hydrogen) atoms. The number of hydrogen-bond acceptors (Lipinski definition) is 5. The number of aliphatic imine (C=N–C) groups is 2. The number of aromatic nitrogens is 1. The van der Waals surface area contributed by atoms with Gasteiger partial charge in [-0.15, -0.1) is 4.59 Å². The van der Waals surface area contributed by atoms with Crippen molar-refractivity contribution in [1.82, 2.24) is 4.98 Å². The highest BCUT2D eigenvalue weighted by Gasteiger charge is 2.35. The number of nitrogens with zero attached hydrogens (tertiary/aromatic N) is 5. The van der Waals surface area contributed by atoms with E-state index in [1.54, 1.807) is 24.7 Å². The molecule has 2 aliphatic rings. The lowest BCUT2D eigenvalue weighted by Crippen LogP contribution is -2.38. The molecule has 1 unspecified atom stereocenters. The third kappa shape index (κ3) is 1.55. The topological polar surface area (TPSA) is 76.0 Å². The second-order valence-electron chi connectivity index (χ2n) is 3.97. The lowest BCUT2D eigenvalue weighted by atomic mass is 10.2. The van der Waals surface area contributed by atoms with Crippen LogP contribution in [-0.4, -0.2) is 34.5 Å². The Balaban J connectivity index is 2.08. The van der Waals surface area contributed by atoms with Gasteiger partial charge >= 0.3 is 0 Å². The van der Waals surface area contributed by atoms with Gasteiger partial charge in [0.05, 0.1) is 6.20 Å². The minimum absolute atomic E-state index is 0.293. The van der Waals surface area contributed by atoms with Crippen molar-refractivity contribution in [3.63, 3.8) is 0 Å². The molecular weight excluding hydrogens is 216 g/mol. The molecular formula is C11H11N6+. The Kier molecular flexibility index (Phi) is 1.93. The SMILES string of the molecule is C[N+]12C=CN=CC1=NC(c1ccnc(N)c1)=N2. The second-order valence-corrected chi connectivity index (χ2v) is 3.97. The highest BCUT2D eigenvalue weighted by atomic mass is 15.7. The van der Waals surface area contributed by atoms with E-state index in [1.807, 2.05) is 19.3 Å². The van der Waals surface area contributed by atoms with Crippen molar-refractivity contribution in [3.05, 3.63) is 36.3 Å². The van der Waals surface area contributed by atoms with Crippen LogP contribution in [-0.2, 0) is 0 Å². The van der Waals surface area contributed by atoms with Gasteiger partial charge in [-0.2, -0.15) is 4.99 Å². The van der Waals surface area contributed by atoms with Crippen LogP contribution in [0.4, 0.5) is 5.82 Å². The Hall–Kier alpha value is -2.34. The van der Waals surface area contributed by atoms with Gasteiger partial charge in [-0.25, -0.2) is 4.98 Å². The zero-order valence-electron chi connectivity index (χ0n) is 9.28. The Morgan fingerprint density at radius 3 is 3.00 bits per heavy atom. The van der Waals surface area contributed by atoms with Gasteiger partial charge in [0.25, 0.3) is 5.84 Å². The van der Waals surface area contributed by atoms with Gasteiger partial charge in [-0.1, -0.05) is 0 Å². The van der Waals surface area contributed by atoms with Gasteiger partial charge in [0.2, 0.25) is 5.84 Å². The van der Waals surface area contributed by atoms with Crippen molar-refractivity contribution in [1.29, 1.82) is 0 Å². The van der Waals surface area contributed by atoms with Crippen molar-refractivity contribution < 1.29 is 4.59 Å². The maximum atomic E-state index is 5.65. The van der Waals surface area contributed by atoms with Crippen LogP contribution in [0.1, 0.15) is 5.56 Å². The molecule has 0 spiro atoms. The number of nitrogen functional groups attached to an aromatic ring is 1. The van der Waals surface area contributed by atoms with E-state index in [-0.39, 0.29) is 0 Å². The fourth-order valence-electron chi connectivity index (χ4n) is 1.72. The van der Waals surface area contributed by atoms with Gasteiger partial charge in [-0.05, 0) is 17.2 Å². The summed E-state index contributed by atoms with van der Waals surface area (Å²) in [4.78, 5) is 12.4. The first-order chi connectivity index (χ1) is 8.17. The summed E-state index contributed by atoms with van der Waals surface area (Å²) in [5, 5.41) is 4.54. The van der Waals surface area contributed by atoms with Gasteiger partial charge in [0.15, 0.2) is 0 Å². The van der Waals surface area contributed by atoms with Crippen LogP contribution in [0.5, 0.6) is 0 Å². The van der Waals surface area contributed by atoms with Crippen LogP contribution in [0.15, 0.2) is 45.8 Å². The zero-order valence-corrected chi connectivity index (χ0v) is 9.28. The maximum absolute atomic E-state index is 5.65. The van der Waals surface area contributed by atoms with E-state index in [4.69, 9.17) is 5.73 Å². The van der Waals surface area contributed by atoms with Gasteiger partial charge in [0, 0.05) is 11.8 Å². The summed E-state index contributed by atoms with van der Waals surface area (Å²) in [5.74, 6) is 1.90. The largest absolute Gasteiger partial charge is 0.384 e. The van der Waals surface area contributed by atoms with Crippen molar-refractivity contribution in [2.75, 3.05) is 12.8 Å². The molecule has 6 heteroatoms. The second kappa shape index (κ2) is 3.33. The standard InChI is InChI=1S/C11H11N6/c1-17-5-4-13-7-10(17)15-11(16-17)8-2-3-14-9(12)6-8/h2-7H,1H3,(H2,12,14)/q+1. The molecule has 1 atom stereocenters. The van der Waals surface area contributed by atoms with Crippen LogP contribution in [0, 0.1) is 0 Å². The highest BCUT2D eigenvalue weighted by Crippen LogP contribution is 2.20. The molecule has 2 N–H and O–H groups in total. The Labute approximate surface area is 98.1 Å². The molecule has 0 aromatic carbocycles. The molecule has 3 rings (SSSR count). The number of pyridine rings is 1. The number of fused-ring (bicyclic) bond motifs is 1. The first-order valence-electron chi connectivity index (χ1n) is 5.16. The van der Waals surface area contributed by atoms with E-state index < -0.39 is 0 Å². The Morgan fingerprint density at radius 1 is 1.35 bits per heavy atom. The molecule has 0 aliphatic carbocycles. The highest BCUT2D eigenvalue weighted by molar-refractivity contribution is 6.31. The summed E-state index contributed by atoms with van der Waals surface area (Å²) in [6.45, 7) is 0. The van der Waals surface area contributed by atoms with Gasteiger partial charge in [-0.3, -0.25) is 4.99 Å². The maximum Gasteiger partial charge on any atom is 0.279 e. The first kappa shape index (κ1) is 9.86. The molecule has 0 amide bonds. The molecule has 84 valence electrons. The number of nitrogens with two attached hydrogens (primary N) is 1. The number of quaternary nitrogens is 1. The predicted octanol–water partition coefficient (Wildman–Crippen LogP) is 0.740. The van der Waals surface area contributed by atoms with Crippen molar-refractivity contribution >= 4 is 23.7 Å². The van der Waals surface area contributed by atoms with Crippen LogP contribution in [0.2, 0.25) is 0 Å². The van der Waals surface area contributed by atoms with E-state index in [1.165, 1.54) is 0 Å². The summed E-state index contributed by atoms with van der Waals surface area (Å²) < 4.78 is 0.293. The average Bonchev–Trinajstić information content (AvgIpc) is 2.66. The molecule has 2 aliphatic heterocycles. The lowest BCUT2D eigenvalue weighted by Gasteiger charge is -2.18. The monoisotopic (exact) mass is 227 g/mol. The summed E-state index contributed by atoms with van der Waals surface area (Å²) in [6, 6.07) is 3.60. The Bertz CT molecular complexity index is 598. The molecule has 0 bridgehead atoms. The van der Waals surface area contributed by atoms with Crippen LogP contribution in [0.3, 0.4) is 0 Å². The third-order valence-corrected chi connectivity index (χ3v) is 2.66. The zero-order chi connectivity index (χ0) is 11.9. The van der Waals surface area contributed by atoms with Crippen LogP contribution in [0.25, 0.3) is 0 Å². The normalized spacial score (nSPS) is 25.5. The summed E-state index contributed by atoms with van der Waals surface area (Å²) in [5.41, 5.74) is 6.51. The lowest BCUT2D eigenvalue weighted by molar-refractivity contribution is -0.767. The molecule has 1 aromatic rings. The number of anilines is 1. The number of rotatable bonds is 1. The smallest absolute Gasteiger partial charge is 0.279 e. The summed E-state index contributed by atoms with van der Waals surface area (Å²) in [7, 11) is 1.94. The van der Waals surface area contributed by atoms with E-state index in [0.717, 1.165) is 11.4 Å². The number of amidine groups is 2. The molecule has 6 nitrogen and oxygen atoms in total. The van der Waals surface area contributed by atoms with E-state index in [0.29, 0.717) is 16.2 Å². The van der Waals surface area contributed by atoms with E-state index >= 15 is 0 Å². The third-order valence-electron chi connectivity index (χ3n) is 2.66. The first-order valence-corrected chi connectivity index (χ1v) is 5.16. The molecule has 1 aromatic heterocycles. The van der Waals surface area contributed by atoms with Crippen molar-refractivity contribution in [3.8, 4) is 0 Å². The van der Waals surface area contributed by atoms with Gasteiger partial charge < -0.3 is 5.73 Å². The predicted molar refractivity (Wildman–Crippen MR) is 66.4 cm³/mol. The van der Waals surface area contributed by atoms with E-state index in [9.17, 15) is 0 Å². The Morgan fingerprint density at radius 2 is 2.24 bits per heavy atom. The van der Waals surface area contributed by atoms with Crippen LogP contribution < -0.4 is 5.73 Å². The average molecular weight is 227 g/mol. The molecule has 0 saturated heterocycles. The van der Waals surface area contributed by atoms with Crippen LogP contribution >= 0.6 is 0 Å². The van der Waals surface area contributed by atoms with Crippen molar-refractivity contribution in [2.45, 2.75) is 0 Å². The summed E-state index contributed by atoms with van der Waals surface area (Å²) in [6.07, 6.45) is 6.94. The fourth-order valence-corrected chi connectivity index (χ4v) is 1.72. The molecule has 0 fully saturated rings. The quantitative estimate of drug-likeness (QED) is 0.718. The summed E-state index contributed by atoms with van der Waals surface area (Å²) >= 11 is 0. The minimum Gasteiger partial charge on any atom is -0.384 e. The molecule has 3 heterocycles. The van der Waals surface area contributed by atoms with Crippen molar-refractivity contribution in [2.24, 2.45) is 15.1 Å². The molecule has 0 radical (unpaired) electrons. The minimum atomic E-state index is 0.293. The van der Waals surface area contributed by atoms with Gasteiger partial charge in [0.1, 0.15) is 25.3 Å². The fraction of sp³-hybridized carbons (Fsp3) is 0.0909. The number of hydrogen-bond donors (Lipinski definition) is 1. The van der Waals surface area contributed by atoms with E-state index in [2.05, 4.69) is 20.1 Å².